The van der Waals surface area contributed by atoms with Gasteiger partial charge in [-0.25, -0.2) is 0 Å². The highest BCUT2D eigenvalue weighted by Crippen LogP contribution is 2.42. The van der Waals surface area contributed by atoms with Gasteiger partial charge in [0.2, 0.25) is 0 Å². The van der Waals surface area contributed by atoms with E-state index in [1.807, 2.05) is 0 Å². The first-order chi connectivity index (χ1) is 25.2. The van der Waals surface area contributed by atoms with E-state index in [1.54, 1.807) is 0 Å². The van der Waals surface area contributed by atoms with Crippen LogP contribution in [0.1, 0.15) is 5.56 Å². The molecule has 0 heterocycles. The highest BCUT2D eigenvalue weighted by Gasteiger charge is 2.15. The van der Waals surface area contributed by atoms with E-state index in [0.29, 0.717) is 0 Å². The molecule has 0 nitrogen and oxygen atoms in total. The van der Waals surface area contributed by atoms with Crippen LogP contribution in [0.25, 0.3) is 98.4 Å². The molecular weight excluding hydrogens is 613 g/mol. The first-order valence-corrected chi connectivity index (χ1v) is 17.7. The van der Waals surface area contributed by atoms with Gasteiger partial charge in [0.25, 0.3) is 0 Å². The van der Waals surface area contributed by atoms with Crippen LogP contribution in [-0.2, 0) is 0 Å². The number of benzene rings is 10. The van der Waals surface area contributed by atoms with Crippen molar-refractivity contribution in [3.8, 4) is 44.5 Å². The largest absolute Gasteiger partial charge is 0.0616 e. The second-order valence-electron chi connectivity index (χ2n) is 13.8. The summed E-state index contributed by atoms with van der Waals surface area (Å²) in [4.78, 5) is 0. The third kappa shape index (κ3) is 5.07. The number of rotatable bonds is 4. The molecule has 0 atom stereocenters. The average molecular weight is 647 g/mol. The quantitative estimate of drug-likeness (QED) is 0.167. The fraction of sp³-hybridized carbons (Fsp3) is 0.0196. The van der Waals surface area contributed by atoms with Crippen molar-refractivity contribution in [1.29, 1.82) is 0 Å². The Balaban J connectivity index is 1.08. The van der Waals surface area contributed by atoms with Gasteiger partial charge in [0.05, 0.1) is 0 Å². The molecule has 10 rings (SSSR count). The zero-order chi connectivity index (χ0) is 33.9. The number of hydrogen-bond acceptors (Lipinski definition) is 0. The molecule has 0 N–H and O–H groups in total. The molecule has 0 amide bonds. The van der Waals surface area contributed by atoms with E-state index in [0.717, 1.165) is 0 Å². The molecule has 0 heteroatoms. The minimum Gasteiger partial charge on any atom is -0.0616 e. The van der Waals surface area contributed by atoms with E-state index in [2.05, 4.69) is 195 Å². The van der Waals surface area contributed by atoms with Gasteiger partial charge in [-0.1, -0.05) is 169 Å². The Morgan fingerprint density at radius 2 is 0.608 bits per heavy atom. The molecule has 10 aromatic rings. The molecule has 0 fully saturated rings. The molecular formula is C51H34. The lowest BCUT2D eigenvalue weighted by Gasteiger charge is -2.16. The molecule has 0 saturated heterocycles. The van der Waals surface area contributed by atoms with Gasteiger partial charge in [-0.2, -0.15) is 0 Å². The van der Waals surface area contributed by atoms with Gasteiger partial charge in [0.15, 0.2) is 0 Å². The normalized spacial score (nSPS) is 11.6. The summed E-state index contributed by atoms with van der Waals surface area (Å²) in [5, 5.41) is 12.7. The van der Waals surface area contributed by atoms with Crippen molar-refractivity contribution in [1.82, 2.24) is 0 Å². The van der Waals surface area contributed by atoms with Crippen LogP contribution in [0.2, 0.25) is 0 Å². The Kier molecular flexibility index (Phi) is 6.82. The van der Waals surface area contributed by atoms with E-state index < -0.39 is 0 Å². The Bertz CT molecular complexity index is 2950. The zero-order valence-corrected chi connectivity index (χ0v) is 28.4. The number of aryl methyl sites for hydroxylation is 1. The summed E-state index contributed by atoms with van der Waals surface area (Å²) in [7, 11) is 0. The Hall–Kier alpha value is -6.50. The van der Waals surface area contributed by atoms with Gasteiger partial charge in [-0.15, -0.1) is 0 Å². The first kappa shape index (κ1) is 29.4. The lowest BCUT2D eigenvalue weighted by atomic mass is 9.87. The minimum atomic E-state index is 1.23. The molecule has 0 unspecified atom stereocenters. The number of fused-ring (bicyclic) bond motifs is 7. The van der Waals surface area contributed by atoms with Gasteiger partial charge in [-0.05, 0) is 130 Å². The summed E-state index contributed by atoms with van der Waals surface area (Å²) in [5.74, 6) is 0. The lowest BCUT2D eigenvalue weighted by Crippen LogP contribution is -1.89. The summed E-state index contributed by atoms with van der Waals surface area (Å²) in [6.07, 6.45) is 0. The molecule has 0 saturated carbocycles. The predicted molar refractivity (Wildman–Crippen MR) is 220 cm³/mol. The molecule has 238 valence electrons. The molecule has 0 bridgehead atoms. The Labute approximate surface area is 297 Å². The summed E-state index contributed by atoms with van der Waals surface area (Å²) < 4.78 is 0. The third-order valence-corrected chi connectivity index (χ3v) is 10.7. The zero-order valence-electron chi connectivity index (χ0n) is 28.4. The minimum absolute atomic E-state index is 1.23. The van der Waals surface area contributed by atoms with Gasteiger partial charge in [0, 0.05) is 0 Å². The first-order valence-electron chi connectivity index (χ1n) is 17.7. The van der Waals surface area contributed by atoms with E-state index in [9.17, 15) is 0 Å². The lowest BCUT2D eigenvalue weighted by molar-refractivity contribution is 1.50. The molecule has 51 heavy (non-hydrogen) atoms. The Morgan fingerprint density at radius 1 is 0.235 bits per heavy atom. The molecule has 0 aliphatic carbocycles. The van der Waals surface area contributed by atoms with Crippen molar-refractivity contribution in [3.63, 3.8) is 0 Å². The second kappa shape index (κ2) is 11.8. The molecule has 0 radical (unpaired) electrons. The van der Waals surface area contributed by atoms with Crippen LogP contribution in [0.15, 0.2) is 188 Å². The van der Waals surface area contributed by atoms with Gasteiger partial charge in [-0.3, -0.25) is 0 Å². The molecule has 0 aliphatic rings. The Morgan fingerprint density at radius 3 is 1.16 bits per heavy atom. The maximum absolute atomic E-state index is 2.42. The van der Waals surface area contributed by atoms with E-state index in [-0.39, 0.29) is 0 Å². The maximum Gasteiger partial charge on any atom is -0.00923 e. The topological polar surface area (TPSA) is 0 Å². The highest BCUT2D eigenvalue weighted by molar-refractivity contribution is 6.23. The van der Waals surface area contributed by atoms with Crippen molar-refractivity contribution in [2.24, 2.45) is 0 Å². The summed E-state index contributed by atoms with van der Waals surface area (Å²) >= 11 is 0. The van der Waals surface area contributed by atoms with Crippen LogP contribution in [0.4, 0.5) is 0 Å². The van der Waals surface area contributed by atoms with Crippen LogP contribution in [-0.4, -0.2) is 0 Å². The standard InChI is InChI=1S/C51H34/c1-33-14-15-43-30-42(27-26-40(43)28-33)36-18-23-38(24-19-36)49-32-51-46-12-6-4-10-44(46)48(31-50(51)47-13-7-5-11-45(47)49)37-21-16-35(17-22-37)41-25-20-34-8-2-3-9-39(34)29-41/h2-32H,1H3. The van der Waals surface area contributed by atoms with Crippen LogP contribution in [0.5, 0.6) is 0 Å². The predicted octanol–water partition coefficient (Wildman–Crippen LogP) is 14.4. The third-order valence-electron chi connectivity index (χ3n) is 10.7. The summed E-state index contributed by atoms with van der Waals surface area (Å²) in [6.45, 7) is 2.15. The van der Waals surface area contributed by atoms with Crippen LogP contribution in [0.3, 0.4) is 0 Å². The monoisotopic (exact) mass is 646 g/mol. The molecule has 10 aromatic carbocycles. The van der Waals surface area contributed by atoms with Crippen molar-refractivity contribution >= 4 is 53.9 Å². The molecule has 0 aromatic heterocycles. The van der Waals surface area contributed by atoms with Crippen molar-refractivity contribution < 1.29 is 0 Å². The van der Waals surface area contributed by atoms with Crippen LogP contribution >= 0.6 is 0 Å². The van der Waals surface area contributed by atoms with E-state index >= 15 is 0 Å². The maximum atomic E-state index is 2.42. The van der Waals surface area contributed by atoms with Gasteiger partial charge in [0.1, 0.15) is 0 Å². The second-order valence-corrected chi connectivity index (χ2v) is 13.8. The molecule has 0 aliphatic heterocycles. The highest BCUT2D eigenvalue weighted by atomic mass is 14.2. The fourth-order valence-corrected chi connectivity index (χ4v) is 8.03. The van der Waals surface area contributed by atoms with Crippen molar-refractivity contribution in [2.45, 2.75) is 6.92 Å². The summed E-state index contributed by atoms with van der Waals surface area (Å²) in [5.41, 5.74) is 11.2. The van der Waals surface area contributed by atoms with Crippen molar-refractivity contribution in [2.75, 3.05) is 0 Å². The molecule has 0 spiro atoms. The van der Waals surface area contributed by atoms with E-state index in [4.69, 9.17) is 0 Å². The SMILES string of the molecule is Cc1ccc2cc(-c3ccc(-c4cc5c6ccccc6c(-c6ccc(-c7ccc8ccccc8c7)cc6)cc5c5ccccc45)cc3)ccc2c1. The fourth-order valence-electron chi connectivity index (χ4n) is 8.03. The summed E-state index contributed by atoms with van der Waals surface area (Å²) in [6, 6.07) is 69.6. The van der Waals surface area contributed by atoms with Gasteiger partial charge >= 0.3 is 0 Å². The smallest absolute Gasteiger partial charge is 0.00923 e. The van der Waals surface area contributed by atoms with E-state index in [1.165, 1.54) is 104 Å². The van der Waals surface area contributed by atoms with Gasteiger partial charge < -0.3 is 0 Å². The van der Waals surface area contributed by atoms with Crippen LogP contribution in [0, 0.1) is 6.92 Å². The van der Waals surface area contributed by atoms with Crippen molar-refractivity contribution in [3.05, 3.63) is 194 Å². The average Bonchev–Trinajstić information content (AvgIpc) is 3.20. The number of hydrogen-bond donors (Lipinski definition) is 0. The van der Waals surface area contributed by atoms with Crippen LogP contribution < -0.4 is 0 Å².